The zero-order valence-corrected chi connectivity index (χ0v) is 14.8. The van der Waals surface area contributed by atoms with Crippen LogP contribution in [-0.4, -0.2) is 51.5 Å². The first kappa shape index (κ1) is 20.9. The highest BCUT2D eigenvalue weighted by molar-refractivity contribution is 7.88. The number of piperazine rings is 1. The van der Waals surface area contributed by atoms with Crippen LogP contribution >= 0.6 is 12.4 Å². The third-order valence-corrected chi connectivity index (χ3v) is 4.56. The molecular formula is C14H20ClF3N2O3S. The van der Waals surface area contributed by atoms with Crippen LogP contribution < -0.4 is 9.08 Å². The molecule has 0 amide bonds. The molecule has 1 fully saturated rings. The topological polar surface area (TPSA) is 49.9 Å². The van der Waals surface area contributed by atoms with Crippen molar-refractivity contribution in [2.45, 2.75) is 18.9 Å². The van der Waals surface area contributed by atoms with Crippen molar-refractivity contribution in [3.63, 3.8) is 0 Å². The summed E-state index contributed by atoms with van der Waals surface area (Å²) in [4.78, 5) is 4.31. The maximum atomic E-state index is 12.4. The predicted octanol–water partition coefficient (Wildman–Crippen LogP) is 2.87. The third kappa shape index (κ3) is 5.15. The lowest BCUT2D eigenvalue weighted by Crippen LogP contribution is -2.46. The molecule has 2 rings (SSSR count). The Balaban J connectivity index is 0.00000288. The molecule has 5 nitrogen and oxygen atoms in total. The van der Waals surface area contributed by atoms with E-state index >= 15 is 0 Å². The van der Waals surface area contributed by atoms with Gasteiger partial charge in [-0.3, -0.25) is 4.90 Å². The minimum Gasteiger partial charge on any atom is -0.376 e. The molecule has 1 aliphatic heterocycles. The van der Waals surface area contributed by atoms with E-state index in [0.29, 0.717) is 5.69 Å². The average molecular weight is 389 g/mol. The number of alkyl halides is 3. The Morgan fingerprint density at radius 3 is 2.33 bits per heavy atom. The van der Waals surface area contributed by atoms with Gasteiger partial charge in [0, 0.05) is 37.9 Å². The molecule has 0 spiro atoms. The standard InChI is InChI=1S/C14H19F3N2O3S.ClH/c1-2-6-18-7-9-19(10-8-18)12-4-3-5-13(11-12)22-23(20,21)14(15,16)17;/h3-5,11H,2,6-10H2,1H3;1H. The van der Waals surface area contributed by atoms with E-state index in [1.165, 1.54) is 18.2 Å². The summed E-state index contributed by atoms with van der Waals surface area (Å²) in [6.45, 7) is 6.31. The van der Waals surface area contributed by atoms with Crippen molar-refractivity contribution in [2.24, 2.45) is 0 Å². The van der Waals surface area contributed by atoms with Gasteiger partial charge in [-0.05, 0) is 25.1 Å². The molecule has 1 heterocycles. The highest BCUT2D eigenvalue weighted by Crippen LogP contribution is 2.29. The van der Waals surface area contributed by atoms with E-state index in [1.54, 1.807) is 6.07 Å². The van der Waals surface area contributed by atoms with E-state index < -0.39 is 15.6 Å². The number of hydrogen-bond donors (Lipinski definition) is 0. The smallest absolute Gasteiger partial charge is 0.376 e. The molecule has 0 unspecified atom stereocenters. The number of hydrogen-bond acceptors (Lipinski definition) is 5. The molecule has 0 radical (unpaired) electrons. The number of nitrogens with zero attached hydrogens (tertiary/aromatic N) is 2. The highest BCUT2D eigenvalue weighted by atomic mass is 35.5. The molecule has 1 saturated heterocycles. The minimum absolute atomic E-state index is 0. The molecule has 138 valence electrons. The first-order valence-electron chi connectivity index (χ1n) is 7.31. The lowest BCUT2D eigenvalue weighted by Gasteiger charge is -2.36. The van der Waals surface area contributed by atoms with Gasteiger partial charge in [-0.25, -0.2) is 0 Å². The molecule has 0 aromatic heterocycles. The molecule has 10 heteroatoms. The van der Waals surface area contributed by atoms with Crippen molar-refractivity contribution in [2.75, 3.05) is 37.6 Å². The first-order valence-corrected chi connectivity index (χ1v) is 8.72. The summed E-state index contributed by atoms with van der Waals surface area (Å²) in [5.41, 5.74) is -4.79. The Morgan fingerprint density at radius 1 is 1.17 bits per heavy atom. The van der Waals surface area contributed by atoms with E-state index in [4.69, 9.17) is 0 Å². The van der Waals surface area contributed by atoms with Gasteiger partial charge in [0.2, 0.25) is 0 Å². The fourth-order valence-electron chi connectivity index (χ4n) is 2.45. The minimum atomic E-state index is -5.64. The van der Waals surface area contributed by atoms with Gasteiger partial charge in [0.25, 0.3) is 0 Å². The zero-order chi connectivity index (χ0) is 17.1. The number of anilines is 1. The van der Waals surface area contributed by atoms with Crippen molar-refractivity contribution in [3.8, 4) is 5.75 Å². The van der Waals surface area contributed by atoms with Gasteiger partial charge in [-0.15, -0.1) is 12.4 Å². The van der Waals surface area contributed by atoms with Crippen LogP contribution in [-0.2, 0) is 10.1 Å². The second kappa shape index (κ2) is 8.26. The second-order valence-corrected chi connectivity index (χ2v) is 6.85. The van der Waals surface area contributed by atoms with Crippen LogP contribution in [0, 0.1) is 0 Å². The van der Waals surface area contributed by atoms with Gasteiger partial charge in [0.05, 0.1) is 0 Å². The Labute approximate surface area is 145 Å². The second-order valence-electron chi connectivity index (χ2n) is 5.31. The summed E-state index contributed by atoms with van der Waals surface area (Å²) in [6, 6.07) is 5.72. The first-order chi connectivity index (χ1) is 10.7. The number of rotatable bonds is 5. The fourth-order valence-corrected chi connectivity index (χ4v) is 2.90. The molecule has 0 N–H and O–H groups in total. The summed E-state index contributed by atoms with van der Waals surface area (Å²) < 4.78 is 63.4. The van der Waals surface area contributed by atoms with Crippen LogP contribution in [0.4, 0.5) is 18.9 Å². The molecule has 0 atom stereocenters. The van der Waals surface area contributed by atoms with E-state index in [2.05, 4.69) is 16.0 Å². The van der Waals surface area contributed by atoms with E-state index in [9.17, 15) is 21.6 Å². The maximum absolute atomic E-state index is 12.4. The summed E-state index contributed by atoms with van der Waals surface area (Å²) in [5, 5.41) is 0. The molecule has 0 saturated carbocycles. The van der Waals surface area contributed by atoms with Crippen molar-refractivity contribution >= 4 is 28.2 Å². The maximum Gasteiger partial charge on any atom is 0.534 e. The third-order valence-electron chi connectivity index (χ3n) is 3.58. The van der Waals surface area contributed by atoms with Gasteiger partial charge in [-0.1, -0.05) is 13.0 Å². The Bertz CT molecular complexity index is 632. The predicted molar refractivity (Wildman–Crippen MR) is 88.2 cm³/mol. The van der Waals surface area contributed by atoms with Crippen LogP contribution in [0.5, 0.6) is 5.75 Å². The summed E-state index contributed by atoms with van der Waals surface area (Å²) in [5.74, 6) is -0.337. The molecule has 0 aliphatic carbocycles. The van der Waals surface area contributed by atoms with Crippen LogP contribution in [0.15, 0.2) is 24.3 Å². The average Bonchev–Trinajstić information content (AvgIpc) is 2.47. The summed E-state index contributed by atoms with van der Waals surface area (Å²) >= 11 is 0. The van der Waals surface area contributed by atoms with Crippen LogP contribution in [0.1, 0.15) is 13.3 Å². The Kier molecular flexibility index (Phi) is 7.18. The normalized spacial score (nSPS) is 16.6. The molecule has 1 aliphatic rings. The van der Waals surface area contributed by atoms with Crippen molar-refractivity contribution in [3.05, 3.63) is 24.3 Å². The number of benzene rings is 1. The van der Waals surface area contributed by atoms with E-state index in [0.717, 1.165) is 39.1 Å². The van der Waals surface area contributed by atoms with Gasteiger partial charge >= 0.3 is 15.6 Å². The zero-order valence-electron chi connectivity index (χ0n) is 13.1. The van der Waals surface area contributed by atoms with Gasteiger partial charge in [0.1, 0.15) is 5.75 Å². The van der Waals surface area contributed by atoms with Crippen LogP contribution in [0.25, 0.3) is 0 Å². The van der Waals surface area contributed by atoms with Gasteiger partial charge in [0.15, 0.2) is 0 Å². The molecular weight excluding hydrogens is 369 g/mol. The lowest BCUT2D eigenvalue weighted by atomic mass is 10.2. The quantitative estimate of drug-likeness (QED) is 0.573. The van der Waals surface area contributed by atoms with Crippen molar-refractivity contribution in [1.29, 1.82) is 0 Å². The molecule has 0 bridgehead atoms. The monoisotopic (exact) mass is 388 g/mol. The van der Waals surface area contributed by atoms with Gasteiger partial charge in [-0.2, -0.15) is 21.6 Å². The van der Waals surface area contributed by atoms with Crippen LogP contribution in [0.2, 0.25) is 0 Å². The fraction of sp³-hybridized carbons (Fsp3) is 0.571. The highest BCUT2D eigenvalue weighted by Gasteiger charge is 2.48. The SMILES string of the molecule is CCCN1CCN(c2cccc(OS(=O)(=O)C(F)(F)F)c2)CC1.Cl. The summed E-state index contributed by atoms with van der Waals surface area (Å²) in [6.07, 6.45) is 1.07. The summed E-state index contributed by atoms with van der Waals surface area (Å²) in [7, 11) is -5.64. The lowest BCUT2D eigenvalue weighted by molar-refractivity contribution is -0.0500. The molecule has 1 aromatic carbocycles. The van der Waals surface area contributed by atoms with Crippen molar-refractivity contribution in [1.82, 2.24) is 4.90 Å². The largest absolute Gasteiger partial charge is 0.534 e. The van der Waals surface area contributed by atoms with E-state index in [-0.39, 0.29) is 18.2 Å². The van der Waals surface area contributed by atoms with Crippen LogP contribution in [0.3, 0.4) is 0 Å². The number of halogens is 4. The molecule has 24 heavy (non-hydrogen) atoms. The Hall–Kier alpha value is -1.19. The Morgan fingerprint density at radius 2 is 1.79 bits per heavy atom. The molecule has 1 aromatic rings. The van der Waals surface area contributed by atoms with E-state index in [1.807, 2.05) is 4.90 Å². The van der Waals surface area contributed by atoms with Gasteiger partial charge < -0.3 is 9.08 Å². The van der Waals surface area contributed by atoms with Crippen molar-refractivity contribution < 1.29 is 25.8 Å².